The van der Waals surface area contributed by atoms with Crippen LogP contribution in [-0.4, -0.2) is 55.3 Å². The predicted molar refractivity (Wildman–Crippen MR) is 125 cm³/mol. The fourth-order valence-electron chi connectivity index (χ4n) is 4.56. The molecule has 0 aromatic heterocycles. The zero-order valence-corrected chi connectivity index (χ0v) is 19.4. The van der Waals surface area contributed by atoms with Gasteiger partial charge in [0, 0.05) is 24.8 Å². The van der Waals surface area contributed by atoms with E-state index >= 15 is 0 Å². The van der Waals surface area contributed by atoms with Crippen LogP contribution in [0.5, 0.6) is 0 Å². The number of hydrogen-bond donors (Lipinski definition) is 3. The van der Waals surface area contributed by atoms with Crippen LogP contribution in [0.25, 0.3) is 11.1 Å². The second-order valence-electron chi connectivity index (χ2n) is 8.82. The van der Waals surface area contributed by atoms with Crippen LogP contribution >= 0.6 is 0 Å². The summed E-state index contributed by atoms with van der Waals surface area (Å²) in [4.78, 5) is 47.3. The van der Waals surface area contributed by atoms with E-state index in [4.69, 9.17) is 4.74 Å². The van der Waals surface area contributed by atoms with Gasteiger partial charge in [0.2, 0.25) is 5.91 Å². The van der Waals surface area contributed by atoms with E-state index in [0.29, 0.717) is 6.42 Å². The Bertz CT molecular complexity index is 1090. The van der Waals surface area contributed by atoms with Crippen molar-refractivity contribution in [2.75, 3.05) is 20.3 Å². The van der Waals surface area contributed by atoms with E-state index in [1.807, 2.05) is 36.4 Å². The maximum atomic E-state index is 12.4. The molecule has 1 fully saturated rings. The Kier molecular flexibility index (Phi) is 7.33. The summed E-state index contributed by atoms with van der Waals surface area (Å²) >= 11 is 0. The molecular weight excluding hydrogens is 452 g/mol. The van der Waals surface area contributed by atoms with E-state index < -0.39 is 30.0 Å². The molecule has 2 aromatic carbocycles. The second-order valence-corrected chi connectivity index (χ2v) is 8.82. The molecule has 0 heterocycles. The highest BCUT2D eigenvalue weighted by Gasteiger charge is 2.44. The summed E-state index contributed by atoms with van der Waals surface area (Å²) in [6.07, 6.45) is -0.174. The van der Waals surface area contributed by atoms with Gasteiger partial charge in [0.25, 0.3) is 0 Å². The zero-order chi connectivity index (χ0) is 24.9. The quantitative estimate of drug-likeness (QED) is 0.446. The fourth-order valence-corrected chi connectivity index (χ4v) is 4.56. The van der Waals surface area contributed by atoms with Gasteiger partial charge < -0.3 is 25.2 Å². The Hall–Kier alpha value is -3.88. The van der Waals surface area contributed by atoms with Crippen molar-refractivity contribution in [2.24, 2.45) is 11.8 Å². The third-order valence-corrected chi connectivity index (χ3v) is 6.59. The van der Waals surface area contributed by atoms with E-state index in [9.17, 15) is 24.3 Å². The molecule has 9 heteroatoms. The molecule has 184 valence electrons. The van der Waals surface area contributed by atoms with E-state index in [1.54, 1.807) is 0 Å². The number of hydrogen-bond acceptors (Lipinski definition) is 6. The summed E-state index contributed by atoms with van der Waals surface area (Å²) in [5.41, 5.74) is 4.55. The lowest BCUT2D eigenvalue weighted by molar-refractivity contribution is -0.144. The van der Waals surface area contributed by atoms with Crippen molar-refractivity contribution in [2.45, 2.75) is 31.2 Å². The topological polar surface area (TPSA) is 131 Å². The number of ether oxygens (including phenoxy) is 2. The fraction of sp³-hybridized carbons (Fsp3) is 0.385. The average Bonchev–Trinajstić information content (AvgIpc) is 3.58. The third-order valence-electron chi connectivity index (χ3n) is 6.59. The summed E-state index contributed by atoms with van der Waals surface area (Å²) in [6.45, 7) is 0.462. The number of amides is 2. The van der Waals surface area contributed by atoms with Gasteiger partial charge in [0.05, 0.1) is 7.11 Å². The Labute approximate surface area is 202 Å². The van der Waals surface area contributed by atoms with Gasteiger partial charge in [-0.1, -0.05) is 48.5 Å². The number of rotatable bonds is 10. The summed E-state index contributed by atoms with van der Waals surface area (Å²) in [7, 11) is 1.22. The van der Waals surface area contributed by atoms with Crippen molar-refractivity contribution in [1.82, 2.24) is 10.6 Å². The van der Waals surface area contributed by atoms with Crippen LogP contribution in [0.3, 0.4) is 0 Å². The third kappa shape index (κ3) is 5.62. The normalized spacial score (nSPS) is 18.5. The SMILES string of the molecule is COC(=O)CCC(NC(=O)C1CC1CNC(=O)OCC1c2ccccc2-c2ccccc21)C(=O)O. The summed E-state index contributed by atoms with van der Waals surface area (Å²) in [6, 6.07) is 15.0. The lowest BCUT2D eigenvalue weighted by Gasteiger charge is -2.15. The number of carboxylic acids is 1. The number of fused-ring (bicyclic) bond motifs is 3. The lowest BCUT2D eigenvalue weighted by atomic mass is 9.98. The van der Waals surface area contributed by atoms with Gasteiger partial charge in [0.1, 0.15) is 12.6 Å². The first-order valence-electron chi connectivity index (χ1n) is 11.6. The summed E-state index contributed by atoms with van der Waals surface area (Å²) in [5, 5.41) is 14.5. The van der Waals surface area contributed by atoms with Crippen LogP contribution in [0, 0.1) is 11.8 Å². The Morgan fingerprint density at radius 2 is 1.66 bits per heavy atom. The van der Waals surface area contributed by atoms with Gasteiger partial charge in [-0.25, -0.2) is 9.59 Å². The maximum absolute atomic E-state index is 12.4. The molecule has 0 spiro atoms. The number of carbonyl (C=O) groups is 4. The van der Waals surface area contributed by atoms with Crippen molar-refractivity contribution in [3.05, 3.63) is 59.7 Å². The number of alkyl carbamates (subject to hydrolysis) is 1. The van der Waals surface area contributed by atoms with Gasteiger partial charge in [-0.2, -0.15) is 0 Å². The first-order valence-corrected chi connectivity index (χ1v) is 11.6. The van der Waals surface area contributed by atoms with E-state index in [2.05, 4.69) is 27.5 Å². The van der Waals surface area contributed by atoms with Gasteiger partial charge in [-0.05, 0) is 41.0 Å². The molecule has 3 atom stereocenters. The van der Waals surface area contributed by atoms with Crippen molar-refractivity contribution in [3.8, 4) is 11.1 Å². The van der Waals surface area contributed by atoms with Crippen LogP contribution in [0.4, 0.5) is 4.79 Å². The summed E-state index contributed by atoms with van der Waals surface area (Å²) < 4.78 is 10.0. The van der Waals surface area contributed by atoms with Gasteiger partial charge in [-0.3, -0.25) is 9.59 Å². The van der Waals surface area contributed by atoms with E-state index in [-0.39, 0.29) is 43.7 Å². The van der Waals surface area contributed by atoms with Gasteiger partial charge in [0.15, 0.2) is 0 Å². The summed E-state index contributed by atoms with van der Waals surface area (Å²) in [5.74, 6) is -2.67. The highest BCUT2D eigenvalue weighted by Crippen LogP contribution is 2.44. The molecule has 35 heavy (non-hydrogen) atoms. The monoisotopic (exact) mass is 480 g/mol. The minimum absolute atomic E-state index is 0.0365. The molecule has 2 aliphatic carbocycles. The number of esters is 1. The second kappa shape index (κ2) is 10.6. The Balaban J connectivity index is 1.22. The smallest absolute Gasteiger partial charge is 0.407 e. The maximum Gasteiger partial charge on any atom is 0.407 e. The molecular formula is C26H28N2O7. The number of carbonyl (C=O) groups excluding carboxylic acids is 3. The number of benzene rings is 2. The molecule has 4 rings (SSSR count). The molecule has 2 amide bonds. The highest BCUT2D eigenvalue weighted by atomic mass is 16.5. The predicted octanol–water partition coefficient (Wildman–Crippen LogP) is 2.68. The van der Waals surface area contributed by atoms with Crippen molar-refractivity contribution < 1.29 is 33.8 Å². The minimum atomic E-state index is -1.21. The van der Waals surface area contributed by atoms with Crippen molar-refractivity contribution in [3.63, 3.8) is 0 Å². The number of carboxylic acid groups (broad SMARTS) is 1. The van der Waals surface area contributed by atoms with Crippen LogP contribution < -0.4 is 10.6 Å². The molecule has 3 unspecified atom stereocenters. The average molecular weight is 481 g/mol. The highest BCUT2D eigenvalue weighted by molar-refractivity contribution is 5.87. The number of aliphatic carboxylic acids is 1. The Morgan fingerprint density at radius 3 is 2.26 bits per heavy atom. The largest absolute Gasteiger partial charge is 0.480 e. The molecule has 0 aliphatic heterocycles. The molecule has 3 N–H and O–H groups in total. The lowest BCUT2D eigenvalue weighted by Crippen LogP contribution is -2.42. The van der Waals surface area contributed by atoms with Crippen LogP contribution in [0.15, 0.2) is 48.5 Å². The molecule has 2 aliphatic rings. The van der Waals surface area contributed by atoms with E-state index in [0.717, 1.165) is 22.3 Å². The van der Waals surface area contributed by atoms with Crippen molar-refractivity contribution in [1.29, 1.82) is 0 Å². The Morgan fingerprint density at radius 1 is 1.03 bits per heavy atom. The molecule has 0 bridgehead atoms. The number of nitrogens with one attached hydrogen (secondary N) is 2. The molecule has 2 aromatic rings. The van der Waals surface area contributed by atoms with Crippen LogP contribution in [-0.2, 0) is 23.9 Å². The molecule has 9 nitrogen and oxygen atoms in total. The van der Waals surface area contributed by atoms with Crippen LogP contribution in [0.1, 0.15) is 36.3 Å². The minimum Gasteiger partial charge on any atom is -0.480 e. The molecule has 1 saturated carbocycles. The van der Waals surface area contributed by atoms with Gasteiger partial charge in [-0.15, -0.1) is 0 Å². The van der Waals surface area contributed by atoms with E-state index in [1.165, 1.54) is 7.11 Å². The van der Waals surface area contributed by atoms with Gasteiger partial charge >= 0.3 is 18.0 Å². The van der Waals surface area contributed by atoms with Crippen LogP contribution in [0.2, 0.25) is 0 Å². The first kappa shape index (κ1) is 24.3. The molecule has 0 saturated heterocycles. The first-order chi connectivity index (χ1) is 16.9. The zero-order valence-electron chi connectivity index (χ0n) is 19.4. The molecule has 0 radical (unpaired) electrons. The van der Waals surface area contributed by atoms with Crippen molar-refractivity contribution >= 4 is 23.9 Å². The standard InChI is InChI=1S/C26H28N2O7/c1-34-23(29)11-10-22(25(31)32)28-24(30)20-12-15(20)13-27-26(33)35-14-21-18-8-4-2-6-16(18)17-7-3-5-9-19(17)21/h2-9,15,20-22H,10-14H2,1H3,(H,27,33)(H,28,30)(H,31,32). The number of methoxy groups -OCH3 is 1.